The maximum Gasteiger partial charge on any atom is 0.272 e. The highest BCUT2D eigenvalue weighted by Crippen LogP contribution is 2.28. The van der Waals surface area contributed by atoms with Crippen LogP contribution in [0.1, 0.15) is 16.1 Å². The standard InChI is InChI=1S/C24H25FN4O4/c1-32-21-8-3-16(13-22(21)33-2)14-23(30)28-9-11-29(12-10-28)24(31)20-15-19(26-27-20)17-4-6-18(25)7-5-17/h3-8,13,15H,9-12,14H2,1-2H3,(H,26,27). The molecule has 3 aromatic rings. The van der Waals surface area contributed by atoms with Crippen molar-refractivity contribution in [3.05, 3.63) is 65.6 Å². The average Bonchev–Trinajstić information content (AvgIpc) is 3.34. The second-order valence-electron chi connectivity index (χ2n) is 7.71. The molecule has 1 N–H and O–H groups in total. The Morgan fingerprint density at radius 1 is 0.939 bits per heavy atom. The van der Waals surface area contributed by atoms with Crippen LogP contribution in [0.25, 0.3) is 11.3 Å². The monoisotopic (exact) mass is 452 g/mol. The topological polar surface area (TPSA) is 87.8 Å². The molecule has 1 aliphatic rings. The summed E-state index contributed by atoms with van der Waals surface area (Å²) in [7, 11) is 3.12. The molecular formula is C24H25FN4O4. The molecule has 0 radical (unpaired) electrons. The number of rotatable bonds is 6. The predicted molar refractivity (Wildman–Crippen MR) is 120 cm³/mol. The van der Waals surface area contributed by atoms with E-state index in [0.717, 1.165) is 11.1 Å². The zero-order chi connectivity index (χ0) is 23.4. The van der Waals surface area contributed by atoms with Crippen molar-refractivity contribution in [3.8, 4) is 22.8 Å². The number of nitrogens with zero attached hydrogens (tertiary/aromatic N) is 3. The van der Waals surface area contributed by atoms with Gasteiger partial charge in [0.1, 0.15) is 11.5 Å². The second kappa shape index (κ2) is 9.72. The number of hydrogen-bond acceptors (Lipinski definition) is 5. The Morgan fingerprint density at radius 3 is 2.27 bits per heavy atom. The van der Waals surface area contributed by atoms with E-state index in [2.05, 4.69) is 10.2 Å². The normalized spacial score (nSPS) is 13.7. The van der Waals surface area contributed by atoms with Crippen LogP contribution in [0, 0.1) is 5.82 Å². The van der Waals surface area contributed by atoms with Gasteiger partial charge in [-0.2, -0.15) is 5.10 Å². The van der Waals surface area contributed by atoms with Crippen LogP contribution < -0.4 is 9.47 Å². The summed E-state index contributed by atoms with van der Waals surface area (Å²) in [5.41, 5.74) is 2.49. The number of benzene rings is 2. The number of carbonyl (C=O) groups excluding carboxylic acids is 2. The van der Waals surface area contributed by atoms with Crippen molar-refractivity contribution in [1.29, 1.82) is 0 Å². The summed E-state index contributed by atoms with van der Waals surface area (Å²) in [6.07, 6.45) is 0.246. The van der Waals surface area contributed by atoms with Gasteiger partial charge in [0.25, 0.3) is 5.91 Å². The van der Waals surface area contributed by atoms with E-state index in [0.29, 0.717) is 49.1 Å². The van der Waals surface area contributed by atoms with Gasteiger partial charge >= 0.3 is 0 Å². The van der Waals surface area contributed by atoms with Gasteiger partial charge < -0.3 is 19.3 Å². The third-order valence-electron chi connectivity index (χ3n) is 5.67. The molecular weight excluding hydrogens is 427 g/mol. The number of hydrogen-bond donors (Lipinski definition) is 1. The first-order valence-corrected chi connectivity index (χ1v) is 10.6. The first-order valence-electron chi connectivity index (χ1n) is 10.6. The van der Waals surface area contributed by atoms with E-state index < -0.39 is 0 Å². The third-order valence-corrected chi connectivity index (χ3v) is 5.67. The summed E-state index contributed by atoms with van der Waals surface area (Å²) in [5.74, 6) is 0.682. The lowest BCUT2D eigenvalue weighted by Gasteiger charge is -2.34. The predicted octanol–water partition coefficient (Wildman–Crippen LogP) is 2.76. The van der Waals surface area contributed by atoms with Crippen molar-refractivity contribution >= 4 is 11.8 Å². The molecule has 33 heavy (non-hydrogen) atoms. The van der Waals surface area contributed by atoms with Gasteiger partial charge in [-0.1, -0.05) is 6.07 Å². The van der Waals surface area contributed by atoms with Gasteiger partial charge in [-0.15, -0.1) is 0 Å². The van der Waals surface area contributed by atoms with E-state index in [4.69, 9.17) is 9.47 Å². The summed E-state index contributed by atoms with van der Waals surface area (Å²) >= 11 is 0. The summed E-state index contributed by atoms with van der Waals surface area (Å²) in [6, 6.07) is 13.0. The molecule has 2 aromatic carbocycles. The third kappa shape index (κ3) is 4.97. The van der Waals surface area contributed by atoms with Gasteiger partial charge in [0, 0.05) is 31.7 Å². The molecule has 0 spiro atoms. The number of nitrogens with one attached hydrogen (secondary N) is 1. The Kier molecular flexibility index (Phi) is 6.58. The van der Waals surface area contributed by atoms with Crippen molar-refractivity contribution in [3.63, 3.8) is 0 Å². The summed E-state index contributed by atoms with van der Waals surface area (Å²) in [5, 5.41) is 6.93. The van der Waals surface area contributed by atoms with E-state index >= 15 is 0 Å². The fraction of sp³-hybridized carbons (Fsp3) is 0.292. The molecule has 8 nitrogen and oxygen atoms in total. The Bertz CT molecular complexity index is 1140. The molecule has 0 unspecified atom stereocenters. The molecule has 0 saturated carbocycles. The Balaban J connectivity index is 1.33. The van der Waals surface area contributed by atoms with E-state index in [1.54, 1.807) is 54.4 Å². The van der Waals surface area contributed by atoms with Gasteiger partial charge in [-0.3, -0.25) is 14.7 Å². The molecule has 9 heteroatoms. The van der Waals surface area contributed by atoms with Gasteiger partial charge in [-0.25, -0.2) is 4.39 Å². The Morgan fingerprint density at radius 2 is 1.61 bits per heavy atom. The molecule has 1 saturated heterocycles. The van der Waals surface area contributed by atoms with Gasteiger partial charge in [0.2, 0.25) is 5.91 Å². The number of methoxy groups -OCH3 is 2. The minimum Gasteiger partial charge on any atom is -0.493 e. The van der Waals surface area contributed by atoms with Crippen molar-refractivity contribution < 1.29 is 23.5 Å². The van der Waals surface area contributed by atoms with Gasteiger partial charge in [-0.05, 0) is 48.0 Å². The molecule has 4 rings (SSSR count). The van der Waals surface area contributed by atoms with Crippen molar-refractivity contribution in [2.75, 3.05) is 40.4 Å². The van der Waals surface area contributed by atoms with E-state index in [9.17, 15) is 14.0 Å². The smallest absolute Gasteiger partial charge is 0.272 e. The van der Waals surface area contributed by atoms with Gasteiger partial charge in [0.05, 0.1) is 26.3 Å². The fourth-order valence-corrected chi connectivity index (χ4v) is 3.81. The molecule has 1 fully saturated rings. The largest absolute Gasteiger partial charge is 0.493 e. The molecule has 0 atom stereocenters. The highest BCUT2D eigenvalue weighted by Gasteiger charge is 2.26. The van der Waals surface area contributed by atoms with Crippen molar-refractivity contribution in [2.24, 2.45) is 0 Å². The summed E-state index contributed by atoms with van der Waals surface area (Å²) < 4.78 is 23.7. The molecule has 2 amide bonds. The second-order valence-corrected chi connectivity index (χ2v) is 7.71. The first kappa shape index (κ1) is 22.3. The van der Waals surface area contributed by atoms with Crippen LogP contribution in [0.4, 0.5) is 4.39 Å². The van der Waals surface area contributed by atoms with E-state index in [1.807, 2.05) is 6.07 Å². The highest BCUT2D eigenvalue weighted by molar-refractivity contribution is 5.93. The molecule has 1 aromatic heterocycles. The minimum atomic E-state index is -0.330. The number of H-pyrrole nitrogens is 1. The van der Waals surface area contributed by atoms with Crippen LogP contribution in [0.5, 0.6) is 11.5 Å². The lowest BCUT2D eigenvalue weighted by molar-refractivity contribution is -0.131. The number of piperazine rings is 1. The number of ether oxygens (including phenoxy) is 2. The SMILES string of the molecule is COc1ccc(CC(=O)N2CCN(C(=O)c3cc(-c4ccc(F)cc4)n[nH]3)CC2)cc1OC. The van der Waals surface area contributed by atoms with Crippen LogP contribution in [0.3, 0.4) is 0 Å². The molecule has 172 valence electrons. The minimum absolute atomic E-state index is 0.00513. The van der Waals surface area contributed by atoms with Crippen molar-refractivity contribution in [1.82, 2.24) is 20.0 Å². The van der Waals surface area contributed by atoms with Crippen LogP contribution >= 0.6 is 0 Å². The maximum absolute atomic E-state index is 13.1. The number of carbonyl (C=O) groups is 2. The summed E-state index contributed by atoms with van der Waals surface area (Å²) in [6.45, 7) is 1.77. The fourth-order valence-electron chi connectivity index (χ4n) is 3.81. The molecule has 0 bridgehead atoms. The maximum atomic E-state index is 13.1. The number of amides is 2. The lowest BCUT2D eigenvalue weighted by atomic mass is 10.1. The van der Waals surface area contributed by atoms with E-state index in [-0.39, 0.29) is 24.1 Å². The molecule has 1 aliphatic heterocycles. The van der Waals surface area contributed by atoms with Crippen LogP contribution in [-0.4, -0.2) is 72.2 Å². The highest BCUT2D eigenvalue weighted by atomic mass is 19.1. The van der Waals surface area contributed by atoms with Crippen LogP contribution in [0.2, 0.25) is 0 Å². The van der Waals surface area contributed by atoms with Gasteiger partial charge in [0.15, 0.2) is 11.5 Å². The average molecular weight is 452 g/mol. The first-order chi connectivity index (χ1) is 16.0. The van der Waals surface area contributed by atoms with Crippen molar-refractivity contribution in [2.45, 2.75) is 6.42 Å². The summed E-state index contributed by atoms with van der Waals surface area (Å²) in [4.78, 5) is 29.1. The number of halogens is 1. The molecule has 2 heterocycles. The zero-order valence-corrected chi connectivity index (χ0v) is 18.5. The quantitative estimate of drug-likeness (QED) is 0.622. The van der Waals surface area contributed by atoms with E-state index in [1.165, 1.54) is 12.1 Å². The Labute approximate surface area is 190 Å². The molecule has 0 aliphatic carbocycles. The van der Waals surface area contributed by atoms with Crippen LogP contribution in [-0.2, 0) is 11.2 Å². The lowest BCUT2D eigenvalue weighted by Crippen LogP contribution is -2.51. The Hall–Kier alpha value is -3.88. The van der Waals surface area contributed by atoms with Crippen LogP contribution in [0.15, 0.2) is 48.5 Å². The number of aromatic amines is 1. The zero-order valence-electron chi connectivity index (χ0n) is 18.5. The number of aromatic nitrogens is 2.